The third-order valence-electron chi connectivity index (χ3n) is 2.49. The van der Waals surface area contributed by atoms with E-state index in [1.54, 1.807) is 7.11 Å². The van der Waals surface area contributed by atoms with Crippen LogP contribution in [0.4, 0.5) is 5.69 Å². The van der Waals surface area contributed by atoms with Gasteiger partial charge in [0, 0.05) is 17.1 Å². The number of nitrogen functional groups attached to an aromatic ring is 1. The van der Waals surface area contributed by atoms with Gasteiger partial charge in [-0.3, -0.25) is 0 Å². The van der Waals surface area contributed by atoms with Gasteiger partial charge < -0.3 is 15.2 Å². The minimum Gasteiger partial charge on any atom is -0.491 e. The highest BCUT2D eigenvalue weighted by atomic mass is 127. The van der Waals surface area contributed by atoms with Gasteiger partial charge in [0.05, 0.1) is 17.9 Å². The highest BCUT2D eigenvalue weighted by molar-refractivity contribution is 14.1. The summed E-state index contributed by atoms with van der Waals surface area (Å²) in [4.78, 5) is 0. The standard InChI is InChI=1S/C12H18INO2/c1-12(2,15-3)6-7-16-11-5-4-9(13)8-10(11)14/h4-5,8H,6-7,14H2,1-3H3. The average Bonchev–Trinajstić information content (AvgIpc) is 2.21. The Kier molecular flexibility index (Phi) is 4.86. The molecule has 0 unspecified atom stereocenters. The second kappa shape index (κ2) is 5.72. The molecule has 0 aliphatic rings. The van der Waals surface area contributed by atoms with Gasteiger partial charge >= 0.3 is 0 Å². The number of anilines is 1. The summed E-state index contributed by atoms with van der Waals surface area (Å²) in [5.41, 5.74) is 6.37. The molecule has 0 bridgehead atoms. The summed E-state index contributed by atoms with van der Waals surface area (Å²) in [5.74, 6) is 0.743. The van der Waals surface area contributed by atoms with E-state index in [9.17, 15) is 0 Å². The molecule has 3 nitrogen and oxygen atoms in total. The van der Waals surface area contributed by atoms with E-state index in [-0.39, 0.29) is 5.60 Å². The van der Waals surface area contributed by atoms with Crippen LogP contribution in [0.3, 0.4) is 0 Å². The van der Waals surface area contributed by atoms with Crippen molar-refractivity contribution in [1.82, 2.24) is 0 Å². The van der Waals surface area contributed by atoms with Crippen LogP contribution < -0.4 is 10.5 Å². The fourth-order valence-corrected chi connectivity index (χ4v) is 1.67. The Morgan fingerprint density at radius 3 is 2.62 bits per heavy atom. The van der Waals surface area contributed by atoms with Crippen LogP contribution in [0.2, 0.25) is 0 Å². The molecule has 16 heavy (non-hydrogen) atoms. The first-order valence-electron chi connectivity index (χ1n) is 5.17. The van der Waals surface area contributed by atoms with Crippen molar-refractivity contribution in [3.05, 3.63) is 21.8 Å². The lowest BCUT2D eigenvalue weighted by molar-refractivity contribution is 0.00551. The SMILES string of the molecule is COC(C)(C)CCOc1ccc(I)cc1N. The Labute approximate surface area is 110 Å². The fourth-order valence-electron chi connectivity index (χ4n) is 1.16. The lowest BCUT2D eigenvalue weighted by atomic mass is 10.1. The van der Waals surface area contributed by atoms with Crippen LogP contribution in [-0.2, 0) is 4.74 Å². The molecule has 0 amide bonds. The minimum absolute atomic E-state index is 0.155. The lowest BCUT2D eigenvalue weighted by Gasteiger charge is -2.22. The van der Waals surface area contributed by atoms with Crippen LogP contribution in [0, 0.1) is 3.57 Å². The van der Waals surface area contributed by atoms with Gasteiger partial charge in [-0.05, 0) is 54.6 Å². The Balaban J connectivity index is 2.49. The van der Waals surface area contributed by atoms with E-state index >= 15 is 0 Å². The van der Waals surface area contributed by atoms with Crippen LogP contribution in [0.1, 0.15) is 20.3 Å². The van der Waals surface area contributed by atoms with E-state index in [1.807, 2.05) is 32.0 Å². The summed E-state index contributed by atoms with van der Waals surface area (Å²) in [6.45, 7) is 4.67. The number of rotatable bonds is 5. The van der Waals surface area contributed by atoms with Crippen LogP contribution >= 0.6 is 22.6 Å². The van der Waals surface area contributed by atoms with E-state index in [1.165, 1.54) is 0 Å². The molecular formula is C12H18INO2. The molecular weight excluding hydrogens is 317 g/mol. The average molecular weight is 335 g/mol. The highest BCUT2D eigenvalue weighted by Crippen LogP contribution is 2.24. The molecule has 0 heterocycles. The number of nitrogens with two attached hydrogens (primary N) is 1. The normalized spacial score (nSPS) is 11.5. The summed E-state index contributed by atoms with van der Waals surface area (Å²) in [5, 5.41) is 0. The largest absolute Gasteiger partial charge is 0.491 e. The minimum atomic E-state index is -0.155. The van der Waals surface area contributed by atoms with Crippen LogP contribution in [-0.4, -0.2) is 19.3 Å². The second-order valence-corrected chi connectivity index (χ2v) is 5.49. The third-order valence-corrected chi connectivity index (χ3v) is 3.16. The zero-order valence-corrected chi connectivity index (χ0v) is 12.1. The third kappa shape index (κ3) is 4.17. The number of hydrogen-bond donors (Lipinski definition) is 1. The quantitative estimate of drug-likeness (QED) is 0.664. The van der Waals surface area contributed by atoms with Crippen molar-refractivity contribution in [1.29, 1.82) is 0 Å². The summed E-state index contributed by atoms with van der Waals surface area (Å²) >= 11 is 2.22. The lowest BCUT2D eigenvalue weighted by Crippen LogP contribution is -2.25. The topological polar surface area (TPSA) is 44.5 Å². The van der Waals surface area contributed by atoms with Gasteiger partial charge in [0.1, 0.15) is 5.75 Å². The Morgan fingerprint density at radius 1 is 1.38 bits per heavy atom. The maximum atomic E-state index is 5.84. The molecule has 1 aromatic rings. The molecule has 4 heteroatoms. The summed E-state index contributed by atoms with van der Waals surface area (Å²) in [6.07, 6.45) is 0.828. The van der Waals surface area contributed by atoms with Gasteiger partial charge in [0.25, 0.3) is 0 Å². The number of hydrogen-bond acceptors (Lipinski definition) is 3. The highest BCUT2D eigenvalue weighted by Gasteiger charge is 2.16. The maximum absolute atomic E-state index is 5.84. The van der Waals surface area contributed by atoms with E-state index in [0.717, 1.165) is 15.7 Å². The van der Waals surface area contributed by atoms with Crippen molar-refractivity contribution in [3.8, 4) is 5.75 Å². The maximum Gasteiger partial charge on any atom is 0.142 e. The first-order valence-corrected chi connectivity index (χ1v) is 6.25. The Hall–Kier alpha value is -0.490. The van der Waals surface area contributed by atoms with Crippen molar-refractivity contribution in [2.45, 2.75) is 25.9 Å². The van der Waals surface area contributed by atoms with E-state index in [4.69, 9.17) is 15.2 Å². The predicted molar refractivity (Wildman–Crippen MR) is 74.8 cm³/mol. The van der Waals surface area contributed by atoms with E-state index in [2.05, 4.69) is 22.6 Å². The molecule has 1 aromatic carbocycles. The van der Waals surface area contributed by atoms with Crippen LogP contribution in [0.25, 0.3) is 0 Å². The monoisotopic (exact) mass is 335 g/mol. The molecule has 0 aliphatic carbocycles. The molecule has 0 spiro atoms. The van der Waals surface area contributed by atoms with Crippen molar-refractivity contribution in [2.24, 2.45) is 0 Å². The molecule has 0 fully saturated rings. The van der Waals surface area contributed by atoms with Crippen molar-refractivity contribution in [2.75, 3.05) is 19.5 Å². The Morgan fingerprint density at radius 2 is 2.06 bits per heavy atom. The zero-order valence-electron chi connectivity index (χ0n) is 9.92. The molecule has 2 N–H and O–H groups in total. The smallest absolute Gasteiger partial charge is 0.142 e. The predicted octanol–water partition coefficient (Wildman–Crippen LogP) is 3.07. The molecule has 0 radical (unpaired) electrons. The number of ether oxygens (including phenoxy) is 2. The van der Waals surface area contributed by atoms with Crippen LogP contribution in [0.15, 0.2) is 18.2 Å². The van der Waals surface area contributed by atoms with Gasteiger partial charge in [-0.25, -0.2) is 0 Å². The molecule has 0 saturated carbocycles. The second-order valence-electron chi connectivity index (χ2n) is 4.24. The fraction of sp³-hybridized carbons (Fsp3) is 0.500. The molecule has 0 saturated heterocycles. The first-order chi connectivity index (χ1) is 7.44. The summed E-state index contributed by atoms with van der Waals surface area (Å²) < 4.78 is 12.0. The van der Waals surface area contributed by atoms with Crippen molar-refractivity contribution >= 4 is 28.3 Å². The summed E-state index contributed by atoms with van der Waals surface area (Å²) in [7, 11) is 1.71. The van der Waals surface area contributed by atoms with Crippen molar-refractivity contribution in [3.63, 3.8) is 0 Å². The van der Waals surface area contributed by atoms with Gasteiger partial charge in [-0.1, -0.05) is 0 Å². The van der Waals surface area contributed by atoms with Gasteiger partial charge in [0.15, 0.2) is 0 Å². The van der Waals surface area contributed by atoms with Gasteiger partial charge in [-0.15, -0.1) is 0 Å². The van der Waals surface area contributed by atoms with Crippen LogP contribution in [0.5, 0.6) is 5.75 Å². The zero-order chi connectivity index (χ0) is 12.2. The molecule has 90 valence electrons. The number of halogens is 1. The van der Waals surface area contributed by atoms with E-state index in [0.29, 0.717) is 12.3 Å². The number of methoxy groups -OCH3 is 1. The molecule has 1 rings (SSSR count). The molecule has 0 atom stereocenters. The van der Waals surface area contributed by atoms with Crippen molar-refractivity contribution < 1.29 is 9.47 Å². The van der Waals surface area contributed by atoms with Gasteiger partial charge in [-0.2, -0.15) is 0 Å². The number of benzene rings is 1. The van der Waals surface area contributed by atoms with E-state index < -0.39 is 0 Å². The molecule has 0 aromatic heterocycles. The molecule has 0 aliphatic heterocycles. The Bertz CT molecular complexity index is 353. The van der Waals surface area contributed by atoms with Gasteiger partial charge in [0.2, 0.25) is 0 Å². The summed E-state index contributed by atoms with van der Waals surface area (Å²) in [6, 6.07) is 5.78. The first kappa shape index (κ1) is 13.6.